The Labute approximate surface area is 214 Å². The van der Waals surface area contributed by atoms with Crippen molar-refractivity contribution in [3.8, 4) is 28.5 Å². The summed E-state index contributed by atoms with van der Waals surface area (Å²) in [7, 11) is 6.19. The number of nitrogens with zero attached hydrogens (tertiary/aromatic N) is 8. The van der Waals surface area contributed by atoms with Crippen LogP contribution in [0.15, 0.2) is 43.0 Å². The van der Waals surface area contributed by atoms with Gasteiger partial charge in [0.1, 0.15) is 23.6 Å². The number of imidazole rings is 1. The molecule has 0 spiro atoms. The van der Waals surface area contributed by atoms with E-state index in [9.17, 15) is 0 Å². The fraction of sp³-hybridized carbons (Fsp3) is 0.346. The molecule has 0 radical (unpaired) electrons. The average molecular weight is 499 g/mol. The number of pyridine rings is 3. The van der Waals surface area contributed by atoms with Crippen molar-refractivity contribution in [2.24, 2.45) is 0 Å². The van der Waals surface area contributed by atoms with Gasteiger partial charge in [0, 0.05) is 56.1 Å². The van der Waals surface area contributed by atoms with Crippen LogP contribution in [-0.4, -0.2) is 105 Å². The van der Waals surface area contributed by atoms with Gasteiger partial charge in [-0.2, -0.15) is 5.10 Å². The van der Waals surface area contributed by atoms with Crippen molar-refractivity contribution in [3.05, 3.63) is 43.0 Å². The van der Waals surface area contributed by atoms with Crippen LogP contribution in [0.5, 0.6) is 5.75 Å². The number of H-pyrrole nitrogens is 2. The number of likely N-dealkylation sites (N-methyl/N-ethyl adjacent to an activating group) is 2. The van der Waals surface area contributed by atoms with Gasteiger partial charge in [-0.15, -0.1) is 0 Å². The Morgan fingerprint density at radius 1 is 1.03 bits per heavy atom. The Bertz CT molecular complexity index is 1530. The van der Waals surface area contributed by atoms with Crippen LogP contribution in [0.3, 0.4) is 0 Å². The molecule has 190 valence electrons. The minimum atomic E-state index is 0.591. The smallest absolute Gasteiger partial charge is 0.159 e. The average Bonchev–Trinajstić information content (AvgIpc) is 3.53. The molecule has 0 atom stereocenters. The summed E-state index contributed by atoms with van der Waals surface area (Å²) in [5.41, 5.74) is 5.04. The Balaban J connectivity index is 1.33. The van der Waals surface area contributed by atoms with E-state index in [1.54, 1.807) is 18.6 Å². The van der Waals surface area contributed by atoms with E-state index < -0.39 is 0 Å². The third-order valence-corrected chi connectivity index (χ3v) is 6.67. The van der Waals surface area contributed by atoms with E-state index in [-0.39, 0.29) is 0 Å². The van der Waals surface area contributed by atoms with Crippen LogP contribution in [0.2, 0.25) is 0 Å². The van der Waals surface area contributed by atoms with E-state index in [4.69, 9.17) is 9.72 Å². The van der Waals surface area contributed by atoms with Crippen molar-refractivity contribution in [2.45, 2.75) is 0 Å². The monoisotopic (exact) mass is 498 g/mol. The highest BCUT2D eigenvalue weighted by Gasteiger charge is 2.21. The van der Waals surface area contributed by atoms with E-state index in [1.165, 1.54) is 0 Å². The number of aromatic nitrogens is 7. The Hall–Kier alpha value is -4.09. The van der Waals surface area contributed by atoms with Crippen LogP contribution in [-0.2, 0) is 0 Å². The quantitative estimate of drug-likeness (QED) is 0.349. The van der Waals surface area contributed by atoms with Gasteiger partial charge >= 0.3 is 0 Å². The number of hydrogen-bond donors (Lipinski definition) is 2. The van der Waals surface area contributed by atoms with E-state index in [0.29, 0.717) is 12.4 Å². The van der Waals surface area contributed by atoms with Crippen molar-refractivity contribution >= 4 is 27.8 Å². The molecular formula is C26H30N10O. The molecule has 0 unspecified atom stereocenters. The Morgan fingerprint density at radius 2 is 1.89 bits per heavy atom. The van der Waals surface area contributed by atoms with Crippen molar-refractivity contribution in [1.82, 2.24) is 44.9 Å². The number of anilines is 1. The standard InChI is InChI=1S/C26H30N10O/c1-34(2)10-11-37-18-12-17(14-27-15-18)21-13-19-22(16-29-21)32-33-23(19)25-30-20-4-5-28-26(24(20)31-25)36-8-6-35(3)7-9-36/h4-5,12-16H,6-11H2,1-3H3,(H,30,31)(H,32,33). The van der Waals surface area contributed by atoms with Crippen LogP contribution < -0.4 is 9.64 Å². The van der Waals surface area contributed by atoms with Crippen LogP contribution in [0.1, 0.15) is 0 Å². The molecule has 5 aromatic rings. The van der Waals surface area contributed by atoms with Gasteiger partial charge in [0.2, 0.25) is 0 Å². The fourth-order valence-corrected chi connectivity index (χ4v) is 4.52. The number of fused-ring (bicyclic) bond motifs is 2. The highest BCUT2D eigenvalue weighted by atomic mass is 16.5. The largest absolute Gasteiger partial charge is 0.491 e. The summed E-state index contributed by atoms with van der Waals surface area (Å²) in [5.74, 6) is 2.32. The predicted molar refractivity (Wildman–Crippen MR) is 144 cm³/mol. The van der Waals surface area contributed by atoms with Gasteiger partial charge in [-0.3, -0.25) is 15.1 Å². The van der Waals surface area contributed by atoms with E-state index in [1.807, 2.05) is 38.5 Å². The van der Waals surface area contributed by atoms with Crippen LogP contribution >= 0.6 is 0 Å². The summed E-state index contributed by atoms with van der Waals surface area (Å²) in [6.45, 7) is 5.29. The number of piperazine rings is 1. The van der Waals surface area contributed by atoms with Crippen LogP contribution in [0.25, 0.3) is 44.7 Å². The summed E-state index contributed by atoms with van der Waals surface area (Å²) >= 11 is 0. The second kappa shape index (κ2) is 9.75. The summed E-state index contributed by atoms with van der Waals surface area (Å²) in [6, 6.07) is 5.94. The Morgan fingerprint density at radius 3 is 2.73 bits per heavy atom. The zero-order chi connectivity index (χ0) is 25.4. The van der Waals surface area contributed by atoms with Crippen molar-refractivity contribution < 1.29 is 4.74 Å². The van der Waals surface area contributed by atoms with Gasteiger partial charge < -0.3 is 24.4 Å². The lowest BCUT2D eigenvalue weighted by atomic mass is 10.1. The van der Waals surface area contributed by atoms with Gasteiger partial charge in [0.15, 0.2) is 11.6 Å². The summed E-state index contributed by atoms with van der Waals surface area (Å²) in [6.07, 6.45) is 7.15. The predicted octanol–water partition coefficient (Wildman–Crippen LogP) is 2.65. The normalized spacial score (nSPS) is 14.8. The number of hydrogen-bond acceptors (Lipinski definition) is 9. The molecule has 0 aromatic carbocycles. The lowest BCUT2D eigenvalue weighted by molar-refractivity contribution is 0.261. The van der Waals surface area contributed by atoms with Gasteiger partial charge in [0.05, 0.1) is 29.1 Å². The number of nitrogens with one attached hydrogen (secondary N) is 2. The molecule has 1 aliphatic rings. The maximum Gasteiger partial charge on any atom is 0.159 e. The van der Waals surface area contributed by atoms with E-state index >= 15 is 0 Å². The minimum Gasteiger partial charge on any atom is -0.491 e. The molecule has 0 aliphatic carbocycles. The molecule has 6 heterocycles. The summed E-state index contributed by atoms with van der Waals surface area (Å²) in [5, 5.41) is 8.60. The molecule has 1 aliphatic heterocycles. The second-order valence-corrected chi connectivity index (χ2v) is 9.65. The maximum atomic E-state index is 5.87. The first-order valence-electron chi connectivity index (χ1n) is 12.4. The molecule has 37 heavy (non-hydrogen) atoms. The van der Waals surface area contributed by atoms with Crippen molar-refractivity contribution in [2.75, 3.05) is 65.4 Å². The first kappa shape index (κ1) is 23.3. The molecule has 0 saturated carbocycles. The number of ether oxygens (including phenoxy) is 1. The number of aromatic amines is 2. The topological polar surface area (TPSA) is 115 Å². The summed E-state index contributed by atoms with van der Waals surface area (Å²) < 4.78 is 5.87. The van der Waals surface area contributed by atoms with Gasteiger partial charge in [-0.1, -0.05) is 0 Å². The van der Waals surface area contributed by atoms with Gasteiger partial charge in [0.25, 0.3) is 0 Å². The zero-order valence-corrected chi connectivity index (χ0v) is 21.3. The summed E-state index contributed by atoms with van der Waals surface area (Å²) in [4.78, 5) is 28.8. The van der Waals surface area contributed by atoms with Crippen molar-refractivity contribution in [1.29, 1.82) is 0 Å². The molecule has 11 nitrogen and oxygen atoms in total. The fourth-order valence-electron chi connectivity index (χ4n) is 4.52. The first-order chi connectivity index (χ1) is 18.0. The third kappa shape index (κ3) is 4.70. The van der Waals surface area contributed by atoms with Gasteiger partial charge in [-0.25, -0.2) is 9.97 Å². The maximum absolute atomic E-state index is 5.87. The van der Waals surface area contributed by atoms with E-state index in [0.717, 1.165) is 83.2 Å². The number of rotatable bonds is 7. The first-order valence-corrected chi connectivity index (χ1v) is 12.4. The second-order valence-electron chi connectivity index (χ2n) is 9.65. The molecule has 6 rings (SSSR count). The SMILES string of the molecule is CN(C)CCOc1cncc(-c2cc3c(-c4nc5c(N6CCN(C)CC6)nccc5[nH]4)n[nH]c3cn2)c1. The lowest BCUT2D eigenvalue weighted by Gasteiger charge is -2.33. The Kier molecular flexibility index (Phi) is 6.15. The van der Waals surface area contributed by atoms with Crippen LogP contribution in [0.4, 0.5) is 5.82 Å². The van der Waals surface area contributed by atoms with Crippen molar-refractivity contribution in [3.63, 3.8) is 0 Å². The molecule has 11 heteroatoms. The highest BCUT2D eigenvalue weighted by molar-refractivity contribution is 5.96. The van der Waals surface area contributed by atoms with E-state index in [2.05, 4.69) is 51.9 Å². The molecule has 1 saturated heterocycles. The molecule has 0 amide bonds. The molecule has 2 N–H and O–H groups in total. The zero-order valence-electron chi connectivity index (χ0n) is 21.3. The lowest BCUT2D eigenvalue weighted by Crippen LogP contribution is -2.44. The van der Waals surface area contributed by atoms with Crippen LogP contribution in [0, 0.1) is 0 Å². The molecule has 0 bridgehead atoms. The molecule has 5 aromatic heterocycles. The molecular weight excluding hydrogens is 468 g/mol. The molecule has 1 fully saturated rings. The third-order valence-electron chi connectivity index (χ3n) is 6.67. The minimum absolute atomic E-state index is 0.591. The highest BCUT2D eigenvalue weighted by Crippen LogP contribution is 2.31. The van der Waals surface area contributed by atoms with Gasteiger partial charge in [-0.05, 0) is 39.3 Å².